The van der Waals surface area contributed by atoms with E-state index in [1.807, 2.05) is 36.4 Å². The van der Waals surface area contributed by atoms with E-state index in [9.17, 15) is 9.59 Å². The molecule has 0 bridgehead atoms. The van der Waals surface area contributed by atoms with Gasteiger partial charge in [0.1, 0.15) is 11.7 Å². The van der Waals surface area contributed by atoms with Crippen LogP contribution in [0.5, 0.6) is 5.75 Å². The highest BCUT2D eigenvalue weighted by Crippen LogP contribution is 2.43. The van der Waals surface area contributed by atoms with Gasteiger partial charge >= 0.3 is 5.97 Å². The zero-order valence-corrected chi connectivity index (χ0v) is 20.6. The summed E-state index contributed by atoms with van der Waals surface area (Å²) in [5.41, 5.74) is 2.67. The number of benzene rings is 2. The van der Waals surface area contributed by atoms with Gasteiger partial charge in [0.2, 0.25) is 0 Å². The molecule has 4 nitrogen and oxygen atoms in total. The van der Waals surface area contributed by atoms with Crippen molar-refractivity contribution < 1.29 is 19.1 Å². The smallest absolute Gasteiger partial charge is 0.317 e. The van der Waals surface area contributed by atoms with Crippen LogP contribution in [0.4, 0.5) is 0 Å². The Hall–Kier alpha value is -1.44. The fraction of sp³-hybridized carbons (Fsp3) is 0.273. The molecule has 0 N–H and O–H groups in total. The van der Waals surface area contributed by atoms with E-state index in [1.165, 1.54) is 0 Å². The van der Waals surface area contributed by atoms with Gasteiger partial charge in [-0.2, -0.15) is 0 Å². The molecule has 2 aromatic carbocycles. The first-order valence-electron chi connectivity index (χ1n) is 9.05. The molecule has 29 heavy (non-hydrogen) atoms. The van der Waals surface area contributed by atoms with Crippen LogP contribution in [0.2, 0.25) is 0 Å². The number of ketones is 1. The van der Waals surface area contributed by atoms with Crippen molar-refractivity contribution in [3.05, 3.63) is 67.0 Å². The molecular weight excluding hydrogens is 568 g/mol. The second-order valence-corrected chi connectivity index (χ2v) is 9.26. The molecule has 152 valence electrons. The van der Waals surface area contributed by atoms with Crippen LogP contribution < -0.4 is 4.74 Å². The summed E-state index contributed by atoms with van der Waals surface area (Å²) in [4.78, 5) is 25.6. The summed E-state index contributed by atoms with van der Waals surface area (Å²) in [5.74, 6) is -1.19. The van der Waals surface area contributed by atoms with Crippen molar-refractivity contribution in [2.45, 2.75) is 19.3 Å². The van der Waals surface area contributed by atoms with E-state index >= 15 is 0 Å². The Kier molecular flexibility index (Phi) is 7.35. The minimum absolute atomic E-state index is 0.238. The predicted octanol–water partition coefficient (Wildman–Crippen LogP) is 6.30. The van der Waals surface area contributed by atoms with E-state index < -0.39 is 11.9 Å². The van der Waals surface area contributed by atoms with Crippen LogP contribution in [0.3, 0.4) is 0 Å². The number of methoxy groups -OCH3 is 1. The molecule has 0 fully saturated rings. The fourth-order valence-electron chi connectivity index (χ4n) is 3.57. The molecule has 0 amide bonds. The average Bonchev–Trinajstić information content (AvgIpc) is 2.67. The lowest BCUT2D eigenvalue weighted by atomic mass is 9.73. The highest BCUT2D eigenvalue weighted by molar-refractivity contribution is 9.11. The Morgan fingerprint density at radius 3 is 2.41 bits per heavy atom. The van der Waals surface area contributed by atoms with Gasteiger partial charge in [-0.05, 0) is 92.2 Å². The number of hydrogen-bond donors (Lipinski definition) is 0. The maximum absolute atomic E-state index is 13.0. The van der Waals surface area contributed by atoms with Crippen molar-refractivity contribution in [2.75, 3.05) is 13.7 Å². The zero-order chi connectivity index (χ0) is 21.1. The van der Waals surface area contributed by atoms with Crippen molar-refractivity contribution in [2.24, 2.45) is 5.92 Å². The second kappa shape index (κ2) is 9.58. The summed E-state index contributed by atoms with van der Waals surface area (Å²) in [5, 5.41) is 0. The van der Waals surface area contributed by atoms with E-state index in [4.69, 9.17) is 9.47 Å². The van der Waals surface area contributed by atoms with E-state index in [0.717, 1.165) is 30.1 Å². The van der Waals surface area contributed by atoms with Crippen LogP contribution in [0.1, 0.15) is 30.4 Å². The minimum Gasteiger partial charge on any atom is -0.494 e. The molecule has 0 aliphatic heterocycles. The van der Waals surface area contributed by atoms with Crippen LogP contribution in [0.25, 0.3) is 5.57 Å². The Morgan fingerprint density at radius 1 is 1.14 bits per heavy atom. The maximum atomic E-state index is 13.0. The number of allylic oxidation sites excluding steroid dienone is 2. The number of esters is 1. The standard InChI is InChI=1S/C22H19Br3O4/c1-3-29-22(27)20-16(12-5-4-6-15(23)7-12)8-13(11-19(20)26)14-9-17(24)21(28-2)18(25)10-14/h4-7,9-11,16,20H,3,8H2,1-2H3. The third-order valence-electron chi connectivity index (χ3n) is 4.86. The van der Waals surface area contributed by atoms with Gasteiger partial charge in [0, 0.05) is 10.4 Å². The Bertz CT molecular complexity index is 961. The van der Waals surface area contributed by atoms with E-state index in [2.05, 4.69) is 47.8 Å². The van der Waals surface area contributed by atoms with Gasteiger partial charge in [0.15, 0.2) is 5.78 Å². The molecule has 2 atom stereocenters. The van der Waals surface area contributed by atoms with E-state index in [-0.39, 0.29) is 18.3 Å². The molecule has 0 saturated carbocycles. The van der Waals surface area contributed by atoms with Crippen LogP contribution in [0.15, 0.2) is 55.9 Å². The van der Waals surface area contributed by atoms with Gasteiger partial charge in [-0.25, -0.2) is 0 Å². The quantitative estimate of drug-likeness (QED) is 0.305. The molecular formula is C22H19Br3O4. The highest BCUT2D eigenvalue weighted by Gasteiger charge is 2.40. The molecule has 0 heterocycles. The molecule has 7 heteroatoms. The lowest BCUT2D eigenvalue weighted by Gasteiger charge is -2.30. The lowest BCUT2D eigenvalue weighted by molar-refractivity contribution is -0.151. The minimum atomic E-state index is -0.849. The van der Waals surface area contributed by atoms with Gasteiger partial charge in [0.05, 0.1) is 22.7 Å². The monoisotopic (exact) mass is 584 g/mol. The summed E-state index contributed by atoms with van der Waals surface area (Å²) in [6, 6.07) is 11.6. The molecule has 0 saturated heterocycles. The number of carbonyl (C=O) groups excluding carboxylic acids is 2. The zero-order valence-electron chi connectivity index (χ0n) is 15.9. The largest absolute Gasteiger partial charge is 0.494 e. The van der Waals surface area contributed by atoms with Crippen LogP contribution in [-0.2, 0) is 14.3 Å². The van der Waals surface area contributed by atoms with Crippen molar-refractivity contribution in [1.82, 2.24) is 0 Å². The average molecular weight is 587 g/mol. The van der Waals surface area contributed by atoms with Crippen LogP contribution in [-0.4, -0.2) is 25.5 Å². The summed E-state index contributed by atoms with van der Waals surface area (Å²) < 4.78 is 13.0. The summed E-state index contributed by atoms with van der Waals surface area (Å²) in [7, 11) is 1.60. The summed E-state index contributed by atoms with van der Waals surface area (Å²) in [6.45, 7) is 1.98. The van der Waals surface area contributed by atoms with Gasteiger partial charge in [0.25, 0.3) is 0 Å². The highest BCUT2D eigenvalue weighted by atomic mass is 79.9. The third kappa shape index (κ3) is 4.84. The number of hydrogen-bond acceptors (Lipinski definition) is 4. The topological polar surface area (TPSA) is 52.6 Å². The van der Waals surface area contributed by atoms with Crippen LogP contribution in [0, 0.1) is 5.92 Å². The lowest BCUT2D eigenvalue weighted by Crippen LogP contribution is -2.34. The van der Waals surface area contributed by atoms with Gasteiger partial charge in [-0.15, -0.1) is 0 Å². The second-order valence-electron chi connectivity index (χ2n) is 6.64. The normalized spacial score (nSPS) is 18.9. The summed E-state index contributed by atoms with van der Waals surface area (Å²) in [6.07, 6.45) is 2.10. The molecule has 1 aliphatic carbocycles. The van der Waals surface area contributed by atoms with Crippen molar-refractivity contribution >= 4 is 65.1 Å². The first-order valence-corrected chi connectivity index (χ1v) is 11.4. The Labute approximate surface area is 195 Å². The first-order chi connectivity index (χ1) is 13.8. The molecule has 2 unspecified atom stereocenters. The van der Waals surface area contributed by atoms with Gasteiger partial charge in [-0.3, -0.25) is 9.59 Å². The molecule has 0 aromatic heterocycles. The summed E-state index contributed by atoms with van der Waals surface area (Å²) >= 11 is 10.5. The van der Waals surface area contributed by atoms with E-state index in [0.29, 0.717) is 12.2 Å². The Morgan fingerprint density at radius 2 is 1.83 bits per heavy atom. The third-order valence-corrected chi connectivity index (χ3v) is 6.53. The fourth-order valence-corrected chi connectivity index (χ4v) is 5.50. The number of halogens is 3. The van der Waals surface area contributed by atoms with Crippen molar-refractivity contribution in [1.29, 1.82) is 0 Å². The number of rotatable bonds is 5. The number of ether oxygens (including phenoxy) is 2. The maximum Gasteiger partial charge on any atom is 0.317 e. The molecule has 0 radical (unpaired) electrons. The molecule has 0 spiro atoms. The Balaban J connectivity index is 2.07. The van der Waals surface area contributed by atoms with Crippen molar-refractivity contribution in [3.8, 4) is 5.75 Å². The SMILES string of the molecule is CCOC(=O)C1C(=O)C=C(c2cc(Br)c(OC)c(Br)c2)CC1c1cccc(Br)c1. The molecule has 3 rings (SSSR count). The van der Waals surface area contributed by atoms with Gasteiger partial charge < -0.3 is 9.47 Å². The van der Waals surface area contributed by atoms with Crippen molar-refractivity contribution in [3.63, 3.8) is 0 Å². The molecule has 2 aromatic rings. The predicted molar refractivity (Wildman–Crippen MR) is 123 cm³/mol. The molecule has 1 aliphatic rings. The van der Waals surface area contributed by atoms with Gasteiger partial charge in [-0.1, -0.05) is 28.1 Å². The number of carbonyl (C=O) groups is 2. The van der Waals surface area contributed by atoms with Crippen LogP contribution >= 0.6 is 47.8 Å². The van der Waals surface area contributed by atoms with E-state index in [1.54, 1.807) is 20.1 Å². The first kappa shape index (κ1) is 22.2.